The molecule has 2 aromatic carbocycles. The topological polar surface area (TPSA) is 105 Å². The lowest BCUT2D eigenvalue weighted by molar-refractivity contribution is -0.139. The van der Waals surface area contributed by atoms with Crippen molar-refractivity contribution in [2.75, 3.05) is 19.7 Å². The summed E-state index contributed by atoms with van der Waals surface area (Å²) in [5, 5.41) is 14.2. The molecule has 7 nitrogen and oxygen atoms in total. The number of hydrogen-bond donors (Lipinski definition) is 3. The average molecular weight is 424 g/mol. The SMILES string of the molecule is CC(C)(CNC(=O)CCNC(=O)OCC1c2ccccc2-c2ccccc21)CC(=O)O. The molecule has 31 heavy (non-hydrogen) atoms. The number of hydrogen-bond acceptors (Lipinski definition) is 4. The zero-order valence-corrected chi connectivity index (χ0v) is 17.8. The second-order valence-electron chi connectivity index (χ2n) is 8.51. The molecule has 2 amide bonds. The Hall–Kier alpha value is -3.35. The van der Waals surface area contributed by atoms with Crippen LogP contribution < -0.4 is 10.6 Å². The first-order chi connectivity index (χ1) is 14.8. The summed E-state index contributed by atoms with van der Waals surface area (Å²) in [6.07, 6.45) is -0.514. The van der Waals surface area contributed by atoms with Crippen LogP contribution in [0.25, 0.3) is 11.1 Å². The highest BCUT2D eigenvalue weighted by molar-refractivity contribution is 5.79. The minimum Gasteiger partial charge on any atom is -0.481 e. The van der Waals surface area contributed by atoms with E-state index in [1.54, 1.807) is 13.8 Å². The lowest BCUT2D eigenvalue weighted by Crippen LogP contribution is -2.37. The third-order valence-electron chi connectivity index (χ3n) is 5.36. The van der Waals surface area contributed by atoms with Crippen LogP contribution in [0.1, 0.15) is 43.7 Å². The maximum atomic E-state index is 12.1. The number of fused-ring (bicyclic) bond motifs is 3. The highest BCUT2D eigenvalue weighted by atomic mass is 16.5. The number of amides is 2. The van der Waals surface area contributed by atoms with Crippen molar-refractivity contribution in [3.63, 3.8) is 0 Å². The molecule has 0 radical (unpaired) electrons. The molecular weight excluding hydrogens is 396 g/mol. The van der Waals surface area contributed by atoms with Gasteiger partial charge in [0.1, 0.15) is 6.61 Å². The minimum absolute atomic E-state index is 0.0158. The summed E-state index contributed by atoms with van der Waals surface area (Å²) < 4.78 is 5.43. The van der Waals surface area contributed by atoms with E-state index in [9.17, 15) is 14.4 Å². The molecule has 0 heterocycles. The van der Waals surface area contributed by atoms with E-state index >= 15 is 0 Å². The molecule has 7 heteroatoms. The number of carboxylic acids is 1. The molecule has 3 N–H and O–H groups in total. The Morgan fingerprint density at radius 2 is 1.55 bits per heavy atom. The standard InChI is InChI=1S/C24H28N2O5/c1-24(2,13-22(28)29)15-26-21(27)11-12-25-23(30)31-14-20-18-9-5-3-7-16(18)17-8-4-6-10-19(17)20/h3-10,20H,11-15H2,1-2H3,(H,25,30)(H,26,27)(H,28,29). The molecule has 0 spiro atoms. The van der Waals surface area contributed by atoms with Crippen molar-refractivity contribution < 1.29 is 24.2 Å². The summed E-state index contributed by atoms with van der Waals surface area (Å²) in [7, 11) is 0. The second kappa shape index (κ2) is 9.64. The Labute approximate surface area is 181 Å². The van der Waals surface area contributed by atoms with Gasteiger partial charge in [0.25, 0.3) is 0 Å². The van der Waals surface area contributed by atoms with Crippen LogP contribution in [0.15, 0.2) is 48.5 Å². The average Bonchev–Trinajstić information content (AvgIpc) is 3.04. The van der Waals surface area contributed by atoms with E-state index < -0.39 is 17.5 Å². The van der Waals surface area contributed by atoms with Gasteiger partial charge in [-0.05, 0) is 27.7 Å². The van der Waals surface area contributed by atoms with Gasteiger partial charge in [-0.25, -0.2) is 4.79 Å². The summed E-state index contributed by atoms with van der Waals surface area (Å²) in [6.45, 7) is 4.16. The van der Waals surface area contributed by atoms with Gasteiger partial charge in [0.05, 0.1) is 6.42 Å². The highest BCUT2D eigenvalue weighted by Crippen LogP contribution is 2.44. The first kappa shape index (κ1) is 22.3. The van der Waals surface area contributed by atoms with Crippen LogP contribution in [0.3, 0.4) is 0 Å². The Morgan fingerprint density at radius 3 is 2.13 bits per heavy atom. The predicted molar refractivity (Wildman–Crippen MR) is 117 cm³/mol. The molecule has 0 bridgehead atoms. The lowest BCUT2D eigenvalue weighted by Gasteiger charge is -2.22. The maximum absolute atomic E-state index is 12.1. The number of alkyl carbamates (subject to hydrolysis) is 1. The van der Waals surface area contributed by atoms with Crippen LogP contribution in [0.2, 0.25) is 0 Å². The molecule has 1 aliphatic rings. The number of ether oxygens (including phenoxy) is 1. The van der Waals surface area contributed by atoms with Gasteiger partial charge in [0, 0.05) is 25.4 Å². The monoisotopic (exact) mass is 424 g/mol. The Balaban J connectivity index is 1.43. The fraction of sp³-hybridized carbons (Fsp3) is 0.375. The lowest BCUT2D eigenvalue weighted by atomic mass is 9.89. The molecule has 3 rings (SSSR count). The van der Waals surface area contributed by atoms with Gasteiger partial charge < -0.3 is 20.5 Å². The van der Waals surface area contributed by atoms with Gasteiger partial charge in [-0.1, -0.05) is 62.4 Å². The van der Waals surface area contributed by atoms with Gasteiger partial charge in [-0.3, -0.25) is 9.59 Å². The molecule has 1 aliphatic carbocycles. The van der Waals surface area contributed by atoms with Crippen LogP contribution in [-0.2, 0) is 14.3 Å². The van der Waals surface area contributed by atoms with Gasteiger partial charge in [-0.15, -0.1) is 0 Å². The first-order valence-corrected chi connectivity index (χ1v) is 10.3. The summed E-state index contributed by atoms with van der Waals surface area (Å²) >= 11 is 0. The van der Waals surface area contributed by atoms with Crippen LogP contribution in [0.5, 0.6) is 0 Å². The van der Waals surface area contributed by atoms with Crippen molar-refractivity contribution >= 4 is 18.0 Å². The summed E-state index contributed by atoms with van der Waals surface area (Å²) in [6, 6.07) is 16.2. The van der Waals surface area contributed by atoms with Crippen molar-refractivity contribution in [2.24, 2.45) is 5.41 Å². The van der Waals surface area contributed by atoms with E-state index in [4.69, 9.17) is 9.84 Å². The smallest absolute Gasteiger partial charge is 0.407 e. The number of benzene rings is 2. The zero-order valence-electron chi connectivity index (χ0n) is 17.8. The third-order valence-corrected chi connectivity index (χ3v) is 5.36. The van der Waals surface area contributed by atoms with Crippen LogP contribution in [-0.4, -0.2) is 42.8 Å². The number of carboxylic acid groups (broad SMARTS) is 1. The van der Waals surface area contributed by atoms with Gasteiger partial charge in [-0.2, -0.15) is 0 Å². The van der Waals surface area contributed by atoms with E-state index in [0.29, 0.717) is 0 Å². The summed E-state index contributed by atoms with van der Waals surface area (Å²) in [4.78, 5) is 34.9. The van der Waals surface area contributed by atoms with Crippen molar-refractivity contribution in [1.82, 2.24) is 10.6 Å². The fourth-order valence-corrected chi connectivity index (χ4v) is 3.83. The van der Waals surface area contributed by atoms with Crippen LogP contribution in [0, 0.1) is 5.41 Å². The van der Waals surface area contributed by atoms with Crippen molar-refractivity contribution in [3.05, 3.63) is 59.7 Å². The number of carbonyl (C=O) groups is 3. The summed E-state index contributed by atoms with van der Waals surface area (Å²) in [5.41, 5.74) is 4.06. The molecule has 0 atom stereocenters. The number of rotatable bonds is 9. The maximum Gasteiger partial charge on any atom is 0.407 e. The normalized spacial score (nSPS) is 12.6. The molecule has 0 aromatic heterocycles. The quantitative estimate of drug-likeness (QED) is 0.571. The van der Waals surface area contributed by atoms with Gasteiger partial charge in [0.15, 0.2) is 0 Å². The first-order valence-electron chi connectivity index (χ1n) is 10.3. The predicted octanol–water partition coefficient (Wildman–Crippen LogP) is 3.53. The molecule has 0 unspecified atom stereocenters. The van der Waals surface area contributed by atoms with E-state index in [2.05, 4.69) is 34.9 Å². The number of nitrogens with one attached hydrogen (secondary N) is 2. The Morgan fingerprint density at radius 1 is 0.968 bits per heavy atom. The van der Waals surface area contributed by atoms with E-state index in [1.807, 2.05) is 24.3 Å². The Bertz CT molecular complexity index is 924. The number of carbonyl (C=O) groups excluding carboxylic acids is 2. The van der Waals surface area contributed by atoms with E-state index in [0.717, 1.165) is 22.3 Å². The van der Waals surface area contributed by atoms with Crippen LogP contribution in [0.4, 0.5) is 4.79 Å². The second-order valence-corrected chi connectivity index (χ2v) is 8.51. The molecule has 0 saturated heterocycles. The Kier molecular flexibility index (Phi) is 6.95. The van der Waals surface area contributed by atoms with Crippen molar-refractivity contribution in [1.29, 1.82) is 0 Å². The minimum atomic E-state index is -0.906. The molecule has 0 fully saturated rings. The number of aliphatic carboxylic acids is 1. The van der Waals surface area contributed by atoms with E-state index in [1.165, 1.54) is 0 Å². The molecule has 0 aliphatic heterocycles. The van der Waals surface area contributed by atoms with E-state index in [-0.39, 0.29) is 44.4 Å². The molecule has 164 valence electrons. The summed E-state index contributed by atoms with van der Waals surface area (Å²) in [5.74, 6) is -1.17. The molecule has 0 saturated carbocycles. The third kappa shape index (κ3) is 5.84. The zero-order chi connectivity index (χ0) is 22.4. The molecular formula is C24H28N2O5. The van der Waals surface area contributed by atoms with Crippen LogP contribution >= 0.6 is 0 Å². The van der Waals surface area contributed by atoms with Crippen molar-refractivity contribution in [2.45, 2.75) is 32.6 Å². The fourth-order valence-electron chi connectivity index (χ4n) is 3.83. The van der Waals surface area contributed by atoms with Gasteiger partial charge >= 0.3 is 12.1 Å². The van der Waals surface area contributed by atoms with Gasteiger partial charge in [0.2, 0.25) is 5.91 Å². The highest BCUT2D eigenvalue weighted by Gasteiger charge is 2.29. The van der Waals surface area contributed by atoms with Crippen molar-refractivity contribution in [3.8, 4) is 11.1 Å². The largest absolute Gasteiger partial charge is 0.481 e. The molecule has 2 aromatic rings.